The lowest BCUT2D eigenvalue weighted by molar-refractivity contribution is -0.173. The first-order valence-corrected chi connectivity index (χ1v) is 11.7. The molecule has 5 saturated carbocycles. The van der Waals surface area contributed by atoms with Gasteiger partial charge in [-0.2, -0.15) is 0 Å². The first kappa shape index (κ1) is 18.2. The summed E-state index contributed by atoms with van der Waals surface area (Å²) in [5, 5.41) is 0. The Balaban J connectivity index is 1.45. The van der Waals surface area contributed by atoms with E-state index >= 15 is 0 Å². The highest BCUT2D eigenvalue weighted by Gasteiger charge is 2.69. The smallest absolute Gasteiger partial charge is 0.317 e. The topological polar surface area (TPSA) is 43.4 Å². The van der Waals surface area contributed by atoms with Gasteiger partial charge >= 0.3 is 5.97 Å². The Morgan fingerprint density at radius 1 is 1.04 bits per heavy atom. The monoisotopic (exact) mass is 372 g/mol. The van der Waals surface area contributed by atoms with Gasteiger partial charge in [-0.25, -0.2) is 0 Å². The molecule has 0 bridgehead atoms. The van der Waals surface area contributed by atoms with Crippen molar-refractivity contribution >= 4 is 11.8 Å². The highest BCUT2D eigenvalue weighted by Crippen LogP contribution is 2.69. The Hall–Kier alpha value is -0.860. The van der Waals surface area contributed by atoms with Crippen LogP contribution in [0.5, 0.6) is 0 Å². The van der Waals surface area contributed by atoms with Gasteiger partial charge in [0.2, 0.25) is 0 Å². The number of carbonyl (C=O) groups excluding carboxylic acids is 2. The van der Waals surface area contributed by atoms with Crippen molar-refractivity contribution in [2.24, 2.45) is 58.7 Å². The maximum absolute atomic E-state index is 13.1. The lowest BCUT2D eigenvalue weighted by atomic mass is 9.44. The molecule has 0 N–H and O–H groups in total. The van der Waals surface area contributed by atoms with Gasteiger partial charge in [0, 0.05) is 5.92 Å². The van der Waals surface area contributed by atoms with E-state index in [4.69, 9.17) is 4.74 Å². The molecule has 150 valence electrons. The van der Waals surface area contributed by atoms with Gasteiger partial charge in [-0.05, 0) is 98.7 Å². The largest absolute Gasteiger partial charge is 0.465 e. The van der Waals surface area contributed by atoms with Crippen LogP contribution in [0.4, 0.5) is 0 Å². The number of fused-ring (bicyclic) bond motifs is 7. The van der Waals surface area contributed by atoms with E-state index in [1.807, 2.05) is 6.92 Å². The lowest BCUT2D eigenvalue weighted by Gasteiger charge is -2.59. The molecular weight excluding hydrogens is 336 g/mol. The van der Waals surface area contributed by atoms with Gasteiger partial charge in [-0.1, -0.05) is 20.3 Å². The van der Waals surface area contributed by atoms with E-state index in [1.165, 1.54) is 38.5 Å². The van der Waals surface area contributed by atoms with Crippen LogP contribution in [-0.4, -0.2) is 18.4 Å². The third-order valence-corrected chi connectivity index (χ3v) is 9.65. The molecule has 3 nitrogen and oxygen atoms in total. The fourth-order valence-corrected chi connectivity index (χ4v) is 8.60. The highest BCUT2D eigenvalue weighted by molar-refractivity contribution is 6.03. The van der Waals surface area contributed by atoms with Crippen LogP contribution in [0.25, 0.3) is 0 Å². The fourth-order valence-electron chi connectivity index (χ4n) is 8.60. The van der Waals surface area contributed by atoms with Gasteiger partial charge < -0.3 is 4.74 Å². The second kappa shape index (κ2) is 6.32. The van der Waals surface area contributed by atoms with Crippen molar-refractivity contribution in [2.75, 3.05) is 6.61 Å². The molecule has 0 spiro atoms. The number of hydrogen-bond donors (Lipinski definition) is 0. The number of hydrogen-bond acceptors (Lipinski definition) is 3. The van der Waals surface area contributed by atoms with Gasteiger partial charge in [0.15, 0.2) is 5.78 Å². The number of ketones is 1. The van der Waals surface area contributed by atoms with Crippen molar-refractivity contribution in [3.05, 3.63) is 0 Å². The minimum atomic E-state index is -0.490. The Kier molecular flexibility index (Phi) is 4.26. The number of esters is 1. The Morgan fingerprint density at radius 2 is 1.81 bits per heavy atom. The molecule has 5 aliphatic carbocycles. The second-order valence-electron chi connectivity index (χ2n) is 10.9. The van der Waals surface area contributed by atoms with Crippen molar-refractivity contribution in [3.63, 3.8) is 0 Å². The minimum absolute atomic E-state index is 0.156. The molecule has 0 aromatic carbocycles. The predicted molar refractivity (Wildman–Crippen MR) is 104 cm³/mol. The molecule has 10 atom stereocenters. The van der Waals surface area contributed by atoms with E-state index in [0.717, 1.165) is 42.4 Å². The van der Waals surface area contributed by atoms with Crippen LogP contribution in [0.3, 0.4) is 0 Å². The van der Waals surface area contributed by atoms with Gasteiger partial charge in [0.05, 0.1) is 6.61 Å². The highest BCUT2D eigenvalue weighted by atomic mass is 16.5. The van der Waals surface area contributed by atoms with Crippen LogP contribution in [0.1, 0.15) is 72.1 Å². The summed E-state index contributed by atoms with van der Waals surface area (Å²) in [6.45, 7) is 6.95. The average molecular weight is 373 g/mol. The predicted octanol–water partition coefficient (Wildman–Crippen LogP) is 4.88. The van der Waals surface area contributed by atoms with Crippen molar-refractivity contribution in [3.8, 4) is 0 Å². The van der Waals surface area contributed by atoms with Gasteiger partial charge in [0.1, 0.15) is 5.92 Å². The molecule has 3 heteroatoms. The molecule has 0 aromatic heterocycles. The van der Waals surface area contributed by atoms with Crippen LogP contribution in [0.15, 0.2) is 0 Å². The van der Waals surface area contributed by atoms with Crippen molar-refractivity contribution in [1.82, 2.24) is 0 Å². The molecule has 10 unspecified atom stereocenters. The molecule has 0 aromatic rings. The van der Waals surface area contributed by atoms with E-state index in [9.17, 15) is 9.59 Å². The van der Waals surface area contributed by atoms with E-state index < -0.39 is 5.92 Å². The first-order chi connectivity index (χ1) is 13.0. The zero-order chi connectivity index (χ0) is 18.9. The molecule has 27 heavy (non-hydrogen) atoms. The summed E-state index contributed by atoms with van der Waals surface area (Å²) in [7, 11) is 0. The summed E-state index contributed by atoms with van der Waals surface area (Å²) in [6.07, 6.45) is 10.3. The summed E-state index contributed by atoms with van der Waals surface area (Å²) < 4.78 is 5.41. The SMILES string of the molecule is CCOC(=O)C1C(=O)C2CC2C2C3CCC4CC(C)CCC4C3CCC12C. The van der Waals surface area contributed by atoms with Crippen LogP contribution >= 0.6 is 0 Å². The van der Waals surface area contributed by atoms with Gasteiger partial charge in [-0.3, -0.25) is 9.59 Å². The van der Waals surface area contributed by atoms with Gasteiger partial charge in [0.25, 0.3) is 0 Å². The zero-order valence-electron chi connectivity index (χ0n) is 17.3. The number of rotatable bonds is 2. The summed E-state index contributed by atoms with van der Waals surface area (Å²) in [5.41, 5.74) is -0.156. The molecule has 0 radical (unpaired) electrons. The first-order valence-electron chi connectivity index (χ1n) is 11.7. The number of carbonyl (C=O) groups is 2. The summed E-state index contributed by atoms with van der Waals surface area (Å²) >= 11 is 0. The minimum Gasteiger partial charge on any atom is -0.465 e. The van der Waals surface area contributed by atoms with Crippen LogP contribution in [0, 0.1) is 58.7 Å². The maximum Gasteiger partial charge on any atom is 0.317 e. The zero-order valence-corrected chi connectivity index (χ0v) is 17.3. The molecule has 5 aliphatic rings. The molecule has 5 rings (SSSR count). The molecule has 0 heterocycles. The summed E-state index contributed by atoms with van der Waals surface area (Å²) in [6, 6.07) is 0. The quantitative estimate of drug-likeness (QED) is 0.512. The molecule has 0 amide bonds. The van der Waals surface area contributed by atoms with E-state index in [0.29, 0.717) is 18.4 Å². The fraction of sp³-hybridized carbons (Fsp3) is 0.917. The summed E-state index contributed by atoms with van der Waals surface area (Å²) in [5.74, 6) is 5.19. The number of ether oxygens (including phenoxy) is 1. The maximum atomic E-state index is 13.1. The third kappa shape index (κ3) is 2.59. The van der Waals surface area contributed by atoms with Crippen molar-refractivity contribution in [1.29, 1.82) is 0 Å². The second-order valence-corrected chi connectivity index (χ2v) is 10.9. The van der Waals surface area contributed by atoms with Crippen molar-refractivity contribution in [2.45, 2.75) is 72.1 Å². The normalized spacial score (nSPS) is 53.4. The molecule has 0 saturated heterocycles. The van der Waals surface area contributed by atoms with E-state index in [-0.39, 0.29) is 23.1 Å². The molecule has 0 aliphatic heterocycles. The van der Waals surface area contributed by atoms with E-state index in [2.05, 4.69) is 13.8 Å². The average Bonchev–Trinajstić information content (AvgIpc) is 3.41. The van der Waals surface area contributed by atoms with E-state index in [1.54, 1.807) is 0 Å². The van der Waals surface area contributed by atoms with Crippen LogP contribution in [0.2, 0.25) is 0 Å². The molecular formula is C24H36O3. The van der Waals surface area contributed by atoms with Crippen molar-refractivity contribution < 1.29 is 14.3 Å². The number of Topliss-reactive ketones (excluding diaryl/α,β-unsaturated/α-hetero) is 1. The van der Waals surface area contributed by atoms with Gasteiger partial charge in [-0.15, -0.1) is 0 Å². The lowest BCUT2D eigenvalue weighted by Crippen LogP contribution is -2.57. The standard InChI is InChI=1S/C24H36O3/c1-4-27-23(26)21-22(25)19-12-18(19)20-17-8-6-14-11-13(2)5-7-15(14)16(17)9-10-24(20,21)3/h13-21H,4-12H2,1-3H3. The Bertz CT molecular complexity index is 642. The Morgan fingerprint density at radius 3 is 2.59 bits per heavy atom. The molecule has 5 fully saturated rings. The third-order valence-electron chi connectivity index (χ3n) is 9.65. The van der Waals surface area contributed by atoms with Crippen LogP contribution < -0.4 is 0 Å². The Labute approximate surface area is 164 Å². The summed E-state index contributed by atoms with van der Waals surface area (Å²) in [4.78, 5) is 25.9. The van der Waals surface area contributed by atoms with Crippen LogP contribution in [-0.2, 0) is 14.3 Å².